The average Bonchev–Trinajstić information content (AvgIpc) is 2.73. The van der Waals surface area contributed by atoms with Crippen molar-refractivity contribution in [1.29, 1.82) is 0 Å². The van der Waals surface area contributed by atoms with E-state index in [0.717, 1.165) is 5.56 Å². The molecule has 0 aliphatic carbocycles. The van der Waals surface area contributed by atoms with Crippen molar-refractivity contribution in [1.82, 2.24) is 5.32 Å². The summed E-state index contributed by atoms with van der Waals surface area (Å²) in [6.45, 7) is 1.78. The lowest BCUT2D eigenvalue weighted by atomic mass is 9.87. The average molecular weight is 448 g/mol. The van der Waals surface area contributed by atoms with Crippen LogP contribution in [0.2, 0.25) is 5.02 Å². The summed E-state index contributed by atoms with van der Waals surface area (Å²) >= 11 is 11.2. The number of nitrogens with one attached hydrogen (secondary N) is 2. The monoisotopic (exact) mass is 447 g/mol. The van der Waals surface area contributed by atoms with Gasteiger partial charge in [0.05, 0.1) is 27.4 Å². The fourth-order valence-corrected chi connectivity index (χ4v) is 3.77. The van der Waals surface area contributed by atoms with Gasteiger partial charge in [-0.25, -0.2) is 4.99 Å². The van der Waals surface area contributed by atoms with Gasteiger partial charge in [-0.15, -0.1) is 0 Å². The maximum absolute atomic E-state index is 13.2. The van der Waals surface area contributed by atoms with Crippen molar-refractivity contribution in [2.75, 3.05) is 26.6 Å². The summed E-state index contributed by atoms with van der Waals surface area (Å²) in [5.74, 6) is 0.588. The van der Waals surface area contributed by atoms with E-state index in [1.165, 1.54) is 21.3 Å². The van der Waals surface area contributed by atoms with Crippen LogP contribution in [0.1, 0.15) is 18.5 Å². The van der Waals surface area contributed by atoms with Crippen molar-refractivity contribution in [3.05, 3.63) is 47.0 Å². The molecule has 2 atom stereocenters. The van der Waals surface area contributed by atoms with Gasteiger partial charge in [0.2, 0.25) is 11.7 Å². The van der Waals surface area contributed by atoms with Crippen LogP contribution in [-0.4, -0.2) is 38.1 Å². The number of hydrogen-bond donors (Lipinski definition) is 2. The Hall–Kier alpha value is -2.84. The van der Waals surface area contributed by atoms with E-state index in [-0.39, 0.29) is 5.91 Å². The number of benzene rings is 2. The number of carbonyl (C=O) groups excluding carboxylic acids is 1. The molecule has 0 fully saturated rings. The molecule has 0 spiro atoms. The first-order valence-corrected chi connectivity index (χ1v) is 9.88. The highest BCUT2D eigenvalue weighted by Crippen LogP contribution is 2.41. The van der Waals surface area contributed by atoms with Crippen molar-refractivity contribution >= 4 is 46.2 Å². The summed E-state index contributed by atoms with van der Waals surface area (Å²) in [5, 5.41) is 6.95. The zero-order chi connectivity index (χ0) is 21.8. The van der Waals surface area contributed by atoms with E-state index in [2.05, 4.69) is 15.6 Å². The number of halogens is 1. The first-order chi connectivity index (χ1) is 14.4. The number of carbonyl (C=O) groups is 1. The first kappa shape index (κ1) is 21.9. The van der Waals surface area contributed by atoms with Crippen LogP contribution >= 0.6 is 23.8 Å². The maximum Gasteiger partial charge on any atom is 0.235 e. The summed E-state index contributed by atoms with van der Waals surface area (Å²) in [5.41, 5.74) is 1.98. The number of hydrogen-bond acceptors (Lipinski definition) is 5. The Kier molecular flexibility index (Phi) is 6.79. The minimum Gasteiger partial charge on any atom is -0.493 e. The molecule has 0 saturated heterocycles. The minimum atomic E-state index is -0.616. The minimum absolute atomic E-state index is 0.229. The molecule has 9 heteroatoms. The molecular weight excluding hydrogens is 426 g/mol. The zero-order valence-corrected chi connectivity index (χ0v) is 18.6. The van der Waals surface area contributed by atoms with Crippen LogP contribution in [0.15, 0.2) is 41.4 Å². The normalized spacial score (nSPS) is 18.2. The van der Waals surface area contributed by atoms with E-state index in [1.807, 2.05) is 0 Å². The summed E-state index contributed by atoms with van der Waals surface area (Å²) < 4.78 is 16.3. The highest BCUT2D eigenvalue weighted by atomic mass is 35.5. The standard InChI is InChI=1S/C21H22ClN3O4S/c1-11-17(20(26)24-14-7-5-13(22)6-8-14)18(25-21(30)23-11)12-9-15(27-2)19(29-4)16(10-12)28-3/h5-10,17-18H,1-4H3,(H,24,26)(H,25,30). The largest absolute Gasteiger partial charge is 0.493 e. The molecule has 7 nitrogen and oxygen atoms in total. The van der Waals surface area contributed by atoms with E-state index < -0.39 is 12.0 Å². The number of anilines is 1. The highest BCUT2D eigenvalue weighted by molar-refractivity contribution is 7.80. The van der Waals surface area contributed by atoms with E-state index in [4.69, 9.17) is 38.0 Å². The van der Waals surface area contributed by atoms with Gasteiger partial charge in [-0.2, -0.15) is 0 Å². The summed E-state index contributed by atoms with van der Waals surface area (Å²) in [4.78, 5) is 17.5. The van der Waals surface area contributed by atoms with E-state index >= 15 is 0 Å². The van der Waals surface area contributed by atoms with Crippen molar-refractivity contribution in [3.63, 3.8) is 0 Å². The Bertz CT molecular complexity index is 969. The molecule has 0 radical (unpaired) electrons. The van der Waals surface area contributed by atoms with E-state index in [1.54, 1.807) is 43.3 Å². The van der Waals surface area contributed by atoms with Gasteiger partial charge in [0.25, 0.3) is 0 Å². The molecule has 1 heterocycles. The molecule has 3 rings (SSSR count). The van der Waals surface area contributed by atoms with Gasteiger partial charge in [0.15, 0.2) is 16.6 Å². The van der Waals surface area contributed by atoms with Crippen molar-refractivity contribution in [3.8, 4) is 17.2 Å². The van der Waals surface area contributed by atoms with Crippen LogP contribution in [0.5, 0.6) is 17.2 Å². The fraction of sp³-hybridized carbons (Fsp3) is 0.286. The summed E-state index contributed by atoms with van der Waals surface area (Å²) in [6, 6.07) is 10.0. The summed E-state index contributed by atoms with van der Waals surface area (Å²) in [7, 11) is 4.61. The molecular formula is C21H22ClN3O4S. The number of nitrogens with zero attached hydrogens (tertiary/aromatic N) is 1. The quantitative estimate of drug-likeness (QED) is 0.651. The third-order valence-corrected chi connectivity index (χ3v) is 5.24. The molecule has 1 amide bonds. The number of methoxy groups -OCH3 is 3. The molecule has 1 aliphatic heterocycles. The van der Waals surface area contributed by atoms with Gasteiger partial charge in [-0.1, -0.05) is 11.6 Å². The third-order valence-electron chi connectivity index (χ3n) is 4.78. The maximum atomic E-state index is 13.2. The van der Waals surface area contributed by atoms with Crippen LogP contribution in [-0.2, 0) is 4.79 Å². The second-order valence-corrected chi connectivity index (χ2v) is 7.44. The summed E-state index contributed by atoms with van der Waals surface area (Å²) in [6.07, 6.45) is 0. The van der Waals surface area contributed by atoms with Crippen LogP contribution in [0.4, 0.5) is 5.69 Å². The predicted octanol–water partition coefficient (Wildman–Crippen LogP) is 4.01. The third kappa shape index (κ3) is 4.49. The number of aliphatic imine (C=N–C) groups is 1. The lowest BCUT2D eigenvalue weighted by Crippen LogP contribution is -2.45. The second-order valence-electron chi connectivity index (χ2n) is 6.61. The highest BCUT2D eigenvalue weighted by Gasteiger charge is 2.37. The van der Waals surface area contributed by atoms with Gasteiger partial charge in [0.1, 0.15) is 5.92 Å². The van der Waals surface area contributed by atoms with Crippen LogP contribution in [0.25, 0.3) is 0 Å². The van der Waals surface area contributed by atoms with Crippen LogP contribution < -0.4 is 24.8 Å². The molecule has 0 saturated carbocycles. The topological polar surface area (TPSA) is 81.2 Å². The van der Waals surface area contributed by atoms with Gasteiger partial charge in [-0.05, 0) is 61.1 Å². The molecule has 2 N–H and O–H groups in total. The van der Waals surface area contributed by atoms with E-state index in [9.17, 15) is 4.79 Å². The van der Waals surface area contributed by atoms with Crippen LogP contribution in [0, 0.1) is 5.92 Å². The van der Waals surface area contributed by atoms with Gasteiger partial charge < -0.3 is 24.8 Å². The first-order valence-electron chi connectivity index (χ1n) is 9.10. The Labute approximate surface area is 185 Å². The number of amides is 1. The number of ether oxygens (including phenoxy) is 3. The molecule has 2 aromatic carbocycles. The van der Waals surface area contributed by atoms with Crippen molar-refractivity contribution < 1.29 is 19.0 Å². The SMILES string of the molecule is COc1cc(C2NC(=S)N=C(C)C2C(=O)Nc2ccc(Cl)cc2)cc(OC)c1OC. The molecule has 1 aliphatic rings. The van der Waals surface area contributed by atoms with Crippen molar-refractivity contribution in [2.24, 2.45) is 10.9 Å². The van der Waals surface area contributed by atoms with Gasteiger partial charge >= 0.3 is 0 Å². The van der Waals surface area contributed by atoms with Crippen LogP contribution in [0.3, 0.4) is 0 Å². The van der Waals surface area contributed by atoms with Gasteiger partial charge in [0, 0.05) is 16.4 Å². The van der Waals surface area contributed by atoms with E-state index in [0.29, 0.717) is 38.8 Å². The predicted molar refractivity (Wildman–Crippen MR) is 121 cm³/mol. The van der Waals surface area contributed by atoms with Gasteiger partial charge in [-0.3, -0.25) is 4.79 Å². The molecule has 2 aromatic rings. The number of thiocarbonyl (C=S) groups is 1. The molecule has 0 bridgehead atoms. The lowest BCUT2D eigenvalue weighted by molar-refractivity contribution is -0.118. The molecule has 30 heavy (non-hydrogen) atoms. The lowest BCUT2D eigenvalue weighted by Gasteiger charge is -2.32. The second kappa shape index (κ2) is 9.32. The smallest absolute Gasteiger partial charge is 0.235 e. The fourth-order valence-electron chi connectivity index (χ4n) is 3.37. The molecule has 158 valence electrons. The Morgan fingerprint density at radius 3 is 2.23 bits per heavy atom. The number of rotatable bonds is 6. The van der Waals surface area contributed by atoms with Crippen molar-refractivity contribution in [2.45, 2.75) is 13.0 Å². The Morgan fingerprint density at radius 2 is 1.70 bits per heavy atom. The molecule has 0 aromatic heterocycles. The Balaban J connectivity index is 2.01. The Morgan fingerprint density at radius 1 is 1.10 bits per heavy atom. The zero-order valence-electron chi connectivity index (χ0n) is 17.0. The molecule has 2 unspecified atom stereocenters.